The van der Waals surface area contributed by atoms with Crippen molar-refractivity contribution in [3.05, 3.63) is 47.9 Å². The summed E-state index contributed by atoms with van der Waals surface area (Å²) >= 11 is 0. The lowest BCUT2D eigenvalue weighted by atomic mass is 10.3. The van der Waals surface area contributed by atoms with Crippen LogP contribution in [0.5, 0.6) is 5.88 Å². The molecule has 0 bridgehead atoms. The molecular formula is C16H17FN4O2. The van der Waals surface area contributed by atoms with Crippen LogP contribution in [0.25, 0.3) is 0 Å². The standard InChI is InChI=1S/C16H17FN4O2/c1-2-12-14(17)15(20-10-19-12)23-11-6-8-21(9-11)16(22)13-5-3-4-7-18-13/h3-5,7,10-11H,2,6,8-9H2,1H3/t11-/m0/s1. The smallest absolute Gasteiger partial charge is 0.272 e. The predicted molar refractivity (Wildman–Crippen MR) is 80.5 cm³/mol. The van der Waals surface area contributed by atoms with Gasteiger partial charge in [0.2, 0.25) is 5.82 Å². The molecule has 2 aromatic rings. The molecule has 1 atom stereocenters. The average molecular weight is 316 g/mol. The molecular weight excluding hydrogens is 299 g/mol. The fraction of sp³-hybridized carbons (Fsp3) is 0.375. The molecule has 7 heteroatoms. The molecule has 6 nitrogen and oxygen atoms in total. The van der Waals surface area contributed by atoms with E-state index in [1.807, 2.05) is 6.92 Å². The Morgan fingerprint density at radius 1 is 1.39 bits per heavy atom. The van der Waals surface area contributed by atoms with Gasteiger partial charge in [-0.2, -0.15) is 9.37 Å². The molecule has 0 spiro atoms. The first-order valence-corrected chi connectivity index (χ1v) is 7.55. The molecule has 23 heavy (non-hydrogen) atoms. The number of likely N-dealkylation sites (tertiary alicyclic amines) is 1. The molecule has 1 aliphatic rings. The van der Waals surface area contributed by atoms with E-state index < -0.39 is 5.82 Å². The maximum Gasteiger partial charge on any atom is 0.272 e. The van der Waals surface area contributed by atoms with E-state index in [1.165, 1.54) is 6.33 Å². The van der Waals surface area contributed by atoms with Gasteiger partial charge < -0.3 is 9.64 Å². The average Bonchev–Trinajstić information content (AvgIpc) is 3.05. The van der Waals surface area contributed by atoms with E-state index in [-0.39, 0.29) is 17.9 Å². The van der Waals surface area contributed by atoms with Gasteiger partial charge >= 0.3 is 0 Å². The highest BCUT2D eigenvalue weighted by Gasteiger charge is 2.30. The number of pyridine rings is 1. The lowest BCUT2D eigenvalue weighted by molar-refractivity contribution is 0.0764. The summed E-state index contributed by atoms with van der Waals surface area (Å²) in [5.74, 6) is -0.715. The van der Waals surface area contributed by atoms with Gasteiger partial charge in [0, 0.05) is 19.2 Å². The van der Waals surface area contributed by atoms with E-state index in [1.54, 1.807) is 29.3 Å². The summed E-state index contributed by atoms with van der Waals surface area (Å²) in [4.78, 5) is 25.8. The van der Waals surface area contributed by atoms with Crippen molar-refractivity contribution in [2.45, 2.75) is 25.9 Å². The Balaban J connectivity index is 1.66. The molecule has 120 valence electrons. The topological polar surface area (TPSA) is 68.2 Å². The maximum absolute atomic E-state index is 14.1. The Labute approximate surface area is 133 Å². The molecule has 0 saturated carbocycles. The fourth-order valence-corrected chi connectivity index (χ4v) is 2.53. The zero-order valence-electron chi connectivity index (χ0n) is 12.8. The van der Waals surface area contributed by atoms with E-state index >= 15 is 0 Å². The van der Waals surface area contributed by atoms with Crippen molar-refractivity contribution in [2.75, 3.05) is 13.1 Å². The van der Waals surface area contributed by atoms with Crippen LogP contribution in [0.2, 0.25) is 0 Å². The Kier molecular flexibility index (Phi) is 4.45. The second kappa shape index (κ2) is 6.68. The van der Waals surface area contributed by atoms with Crippen LogP contribution >= 0.6 is 0 Å². The number of ether oxygens (including phenoxy) is 1. The molecule has 0 aromatic carbocycles. The summed E-state index contributed by atoms with van der Waals surface area (Å²) in [6.45, 7) is 2.76. The number of hydrogen-bond acceptors (Lipinski definition) is 5. The van der Waals surface area contributed by atoms with Crippen molar-refractivity contribution in [1.29, 1.82) is 0 Å². The zero-order valence-corrected chi connectivity index (χ0v) is 12.8. The molecule has 3 heterocycles. The quantitative estimate of drug-likeness (QED) is 0.861. The summed E-state index contributed by atoms with van der Waals surface area (Å²) in [6, 6.07) is 5.21. The van der Waals surface area contributed by atoms with Crippen molar-refractivity contribution in [1.82, 2.24) is 19.9 Å². The van der Waals surface area contributed by atoms with E-state index in [0.717, 1.165) is 0 Å². The third-order valence-electron chi connectivity index (χ3n) is 3.76. The number of halogens is 1. The highest BCUT2D eigenvalue weighted by Crippen LogP contribution is 2.21. The summed E-state index contributed by atoms with van der Waals surface area (Å²) in [7, 11) is 0. The van der Waals surface area contributed by atoms with Crippen molar-refractivity contribution < 1.29 is 13.9 Å². The number of rotatable bonds is 4. The first kappa shape index (κ1) is 15.3. The first-order valence-electron chi connectivity index (χ1n) is 7.55. The summed E-state index contributed by atoms with van der Waals surface area (Å²) in [6.07, 6.45) is 3.70. The van der Waals surface area contributed by atoms with Crippen LogP contribution in [0.1, 0.15) is 29.5 Å². The third-order valence-corrected chi connectivity index (χ3v) is 3.76. The van der Waals surface area contributed by atoms with Crippen molar-refractivity contribution in [3.8, 4) is 5.88 Å². The van der Waals surface area contributed by atoms with Gasteiger partial charge in [0.05, 0.1) is 12.2 Å². The Bertz CT molecular complexity index is 696. The third kappa shape index (κ3) is 3.28. The number of carbonyl (C=O) groups is 1. The molecule has 1 fully saturated rings. The molecule has 1 aliphatic heterocycles. The minimum atomic E-state index is -0.524. The van der Waals surface area contributed by atoms with Gasteiger partial charge in [-0.15, -0.1) is 0 Å². The van der Waals surface area contributed by atoms with Crippen LogP contribution in [0, 0.1) is 5.82 Å². The Morgan fingerprint density at radius 2 is 2.26 bits per heavy atom. The molecule has 0 N–H and O–H groups in total. The number of nitrogens with zero attached hydrogens (tertiary/aromatic N) is 4. The van der Waals surface area contributed by atoms with E-state index in [2.05, 4.69) is 15.0 Å². The largest absolute Gasteiger partial charge is 0.470 e. The van der Waals surface area contributed by atoms with Gasteiger partial charge in [-0.1, -0.05) is 13.0 Å². The minimum Gasteiger partial charge on any atom is -0.470 e. The van der Waals surface area contributed by atoms with Crippen molar-refractivity contribution >= 4 is 5.91 Å². The molecule has 1 saturated heterocycles. The molecule has 0 aliphatic carbocycles. The van der Waals surface area contributed by atoms with Crippen LogP contribution in [0.4, 0.5) is 4.39 Å². The summed E-state index contributed by atoms with van der Waals surface area (Å²) < 4.78 is 19.7. The second-order valence-corrected chi connectivity index (χ2v) is 5.29. The van der Waals surface area contributed by atoms with Crippen LogP contribution in [-0.2, 0) is 6.42 Å². The fourth-order valence-electron chi connectivity index (χ4n) is 2.53. The van der Waals surface area contributed by atoms with Gasteiger partial charge in [-0.05, 0) is 18.6 Å². The van der Waals surface area contributed by atoms with Crippen molar-refractivity contribution in [2.24, 2.45) is 0 Å². The number of aromatic nitrogens is 3. The zero-order chi connectivity index (χ0) is 16.2. The monoisotopic (exact) mass is 316 g/mol. The van der Waals surface area contributed by atoms with Gasteiger partial charge in [-0.3, -0.25) is 9.78 Å². The predicted octanol–water partition coefficient (Wildman–Crippen LogP) is 1.87. The molecule has 0 unspecified atom stereocenters. The van der Waals surface area contributed by atoms with Gasteiger partial charge in [-0.25, -0.2) is 4.98 Å². The highest BCUT2D eigenvalue weighted by atomic mass is 19.1. The maximum atomic E-state index is 14.1. The molecule has 1 amide bonds. The SMILES string of the molecule is CCc1ncnc(O[C@H]2CCN(C(=O)c3ccccn3)C2)c1F. The molecule has 3 rings (SSSR count). The normalized spacial score (nSPS) is 17.3. The Hall–Kier alpha value is -2.57. The summed E-state index contributed by atoms with van der Waals surface area (Å²) in [5.41, 5.74) is 0.726. The summed E-state index contributed by atoms with van der Waals surface area (Å²) in [5, 5.41) is 0. The van der Waals surface area contributed by atoms with E-state index in [4.69, 9.17) is 4.74 Å². The van der Waals surface area contributed by atoms with E-state index in [9.17, 15) is 9.18 Å². The van der Waals surface area contributed by atoms with Crippen LogP contribution in [0.3, 0.4) is 0 Å². The number of hydrogen-bond donors (Lipinski definition) is 0. The van der Waals surface area contributed by atoms with E-state index in [0.29, 0.717) is 37.3 Å². The second-order valence-electron chi connectivity index (χ2n) is 5.29. The number of carbonyl (C=O) groups excluding carboxylic acids is 1. The Morgan fingerprint density at radius 3 is 3.00 bits per heavy atom. The first-order chi connectivity index (χ1) is 11.2. The van der Waals surface area contributed by atoms with Gasteiger partial charge in [0.15, 0.2) is 0 Å². The number of amides is 1. The van der Waals surface area contributed by atoms with Crippen LogP contribution in [0.15, 0.2) is 30.7 Å². The highest BCUT2D eigenvalue weighted by molar-refractivity contribution is 5.92. The van der Waals surface area contributed by atoms with Crippen molar-refractivity contribution in [3.63, 3.8) is 0 Å². The lowest BCUT2D eigenvalue weighted by Crippen LogP contribution is -2.31. The van der Waals surface area contributed by atoms with Gasteiger partial charge in [0.1, 0.15) is 18.1 Å². The molecule has 0 radical (unpaired) electrons. The van der Waals surface area contributed by atoms with Gasteiger partial charge in [0.25, 0.3) is 11.8 Å². The number of aryl methyl sites for hydroxylation is 1. The van der Waals surface area contributed by atoms with Crippen LogP contribution < -0.4 is 4.74 Å². The lowest BCUT2D eigenvalue weighted by Gasteiger charge is -2.16. The van der Waals surface area contributed by atoms with Crippen LogP contribution in [-0.4, -0.2) is 45.0 Å². The molecule has 2 aromatic heterocycles. The minimum absolute atomic E-state index is 0.0472.